The van der Waals surface area contributed by atoms with Gasteiger partial charge in [0.25, 0.3) is 0 Å². The van der Waals surface area contributed by atoms with Gasteiger partial charge in [-0.05, 0) is 91.9 Å². The molecule has 7 aliphatic rings. The van der Waals surface area contributed by atoms with Crippen molar-refractivity contribution in [2.24, 2.45) is 16.7 Å². The number of aliphatic hydroxyl groups is 6. The minimum absolute atomic E-state index is 0.0261. The molecule has 6 fully saturated rings. The number of hydrogen-bond acceptors (Lipinski definition) is 17. The molecule has 0 aromatic rings. The van der Waals surface area contributed by atoms with E-state index >= 15 is 0 Å². The highest BCUT2D eigenvalue weighted by atomic mass is 16.8. The van der Waals surface area contributed by atoms with Gasteiger partial charge in [-0.3, -0.25) is 0 Å². The highest BCUT2D eigenvalue weighted by Crippen LogP contribution is 2.71. The molecule has 7 rings (SSSR count). The van der Waals surface area contributed by atoms with Crippen molar-refractivity contribution in [1.29, 1.82) is 0 Å². The van der Waals surface area contributed by atoms with Gasteiger partial charge in [0.05, 0.1) is 48.1 Å². The van der Waals surface area contributed by atoms with E-state index in [-0.39, 0.29) is 31.8 Å². The molecule has 0 bridgehead atoms. The van der Waals surface area contributed by atoms with E-state index in [1.54, 1.807) is 54.9 Å². The maximum Gasteiger partial charge on any atom is 0.333 e. The Morgan fingerprint density at radius 2 is 1.41 bits per heavy atom. The number of hydrogen-bond donors (Lipinski definition) is 6. The molecule has 17 nitrogen and oxygen atoms in total. The van der Waals surface area contributed by atoms with Crippen LogP contribution in [-0.2, 0) is 52.2 Å². The molecule has 0 radical (unpaired) electrons. The molecule has 1 unspecified atom stereocenters. The second-order valence-corrected chi connectivity index (χ2v) is 20.2. The molecule has 3 saturated heterocycles. The van der Waals surface area contributed by atoms with Crippen molar-refractivity contribution in [1.82, 2.24) is 0 Å². The SMILES string of the molecule is C/C=C(\C)C(=O)OC(C)[C@]1(O)CC[C@@]2(O)[C@]1(C)[C@H](O)C[C@@H]1[C@@]3(C)CC[C@H](O[C@H]4C[C@H](OC)[C@H](O[C@H]5C[C@H](OC)[C@H](O[C@@H]6O[C@H](C)[C@@H](O)[C@H](OC)[C@H]6O)[C@@H](C)O5)[C@@H](C)O4)CC3=CC[C@]12O. The van der Waals surface area contributed by atoms with Crippen LogP contribution in [0.3, 0.4) is 0 Å². The first-order chi connectivity index (χ1) is 30.1. The van der Waals surface area contributed by atoms with Crippen molar-refractivity contribution in [2.45, 2.75) is 228 Å². The van der Waals surface area contributed by atoms with Gasteiger partial charge in [-0.15, -0.1) is 0 Å². The molecule has 0 amide bonds. The number of carbonyl (C=O) groups is 1. The molecule has 366 valence electrons. The number of rotatable bonds is 12. The summed E-state index contributed by atoms with van der Waals surface area (Å²) in [7, 11) is 4.62. The van der Waals surface area contributed by atoms with E-state index in [0.717, 1.165) is 5.57 Å². The number of esters is 1. The predicted octanol–water partition coefficient (Wildman–Crippen LogP) is 2.72. The van der Waals surface area contributed by atoms with Crippen molar-refractivity contribution in [2.75, 3.05) is 21.3 Å². The molecule has 3 saturated carbocycles. The first kappa shape index (κ1) is 50.2. The van der Waals surface area contributed by atoms with Crippen LogP contribution in [-0.4, -0.2) is 173 Å². The van der Waals surface area contributed by atoms with Crippen LogP contribution in [0.1, 0.15) is 113 Å². The summed E-state index contributed by atoms with van der Waals surface area (Å²) in [4.78, 5) is 12.8. The van der Waals surface area contributed by atoms with Crippen LogP contribution >= 0.6 is 0 Å². The monoisotopic (exact) mass is 913 g/mol. The maximum absolute atomic E-state index is 12.8. The van der Waals surface area contributed by atoms with Crippen LogP contribution in [0, 0.1) is 16.7 Å². The standard InChI is InChI=1S/C47H76O17/c1-12-23(2)41(51)61-27(6)45(52)17-18-47(54)44(45,8)33(48)22-32-43(7)15-14-29(19-28(43)13-16-46(32,47)53)62-34-20-30(55-9)38(25(4)58-34)63-35-21-31(56-10)39(26(5)59-35)64-42-37(50)40(57-11)36(49)24(3)60-42/h12-13,24-27,29-40,42,48-50,52-54H,14-22H2,1-11H3/b23-12+/t24-,25-,26-,27?,29+,30+,31+,32-,33-,34+,35+,36-,37-,38-,39-,40+,42+,43+,44-,45-,46+,47-/m1/s1. The summed E-state index contributed by atoms with van der Waals surface area (Å²) < 4.78 is 60.9. The minimum Gasteiger partial charge on any atom is -0.456 e. The Morgan fingerprint density at radius 3 is 2.00 bits per heavy atom. The van der Waals surface area contributed by atoms with E-state index in [0.29, 0.717) is 37.7 Å². The molecule has 4 aliphatic carbocycles. The zero-order chi connectivity index (χ0) is 46.9. The number of fused-ring (bicyclic) bond motifs is 5. The van der Waals surface area contributed by atoms with E-state index in [9.17, 15) is 35.4 Å². The smallest absolute Gasteiger partial charge is 0.333 e. The molecule has 3 aliphatic heterocycles. The Kier molecular flexibility index (Phi) is 14.7. The van der Waals surface area contributed by atoms with E-state index < -0.39 is 132 Å². The summed E-state index contributed by atoms with van der Waals surface area (Å²) in [5, 5.41) is 71.2. The summed E-state index contributed by atoms with van der Waals surface area (Å²) in [5.41, 5.74) is -6.03. The fraction of sp³-hybridized carbons (Fsp3) is 0.894. The van der Waals surface area contributed by atoms with Crippen LogP contribution in [0.5, 0.6) is 0 Å². The zero-order valence-electron chi connectivity index (χ0n) is 39.5. The lowest BCUT2D eigenvalue weighted by atomic mass is 9.42. The molecule has 17 heteroatoms. The molecular formula is C47H76O17. The average molecular weight is 913 g/mol. The quantitative estimate of drug-likeness (QED) is 0.0939. The zero-order valence-corrected chi connectivity index (χ0v) is 39.5. The molecule has 0 aromatic heterocycles. The fourth-order valence-electron chi connectivity index (χ4n) is 12.9. The summed E-state index contributed by atoms with van der Waals surface area (Å²) in [6.45, 7) is 14.1. The van der Waals surface area contributed by atoms with Gasteiger partial charge in [-0.1, -0.05) is 31.6 Å². The van der Waals surface area contributed by atoms with E-state index in [4.69, 9.17) is 47.4 Å². The second-order valence-electron chi connectivity index (χ2n) is 20.2. The van der Waals surface area contributed by atoms with Crippen LogP contribution in [0.4, 0.5) is 0 Å². The number of carbonyl (C=O) groups excluding carboxylic acids is 1. The van der Waals surface area contributed by atoms with Gasteiger partial charge >= 0.3 is 5.97 Å². The first-order valence-electron chi connectivity index (χ1n) is 23.3. The summed E-state index contributed by atoms with van der Waals surface area (Å²) in [6, 6.07) is 0. The normalized spacial score (nSPS) is 51.3. The molecular weight excluding hydrogens is 837 g/mol. The van der Waals surface area contributed by atoms with Crippen LogP contribution in [0.15, 0.2) is 23.3 Å². The fourth-order valence-corrected chi connectivity index (χ4v) is 12.9. The van der Waals surface area contributed by atoms with Crippen LogP contribution < -0.4 is 0 Å². The van der Waals surface area contributed by atoms with E-state index in [2.05, 4.69) is 6.92 Å². The van der Waals surface area contributed by atoms with E-state index in [1.807, 2.05) is 19.9 Å². The molecule has 6 N–H and O–H groups in total. The average Bonchev–Trinajstić information content (AvgIpc) is 3.49. The number of ether oxygens (including phenoxy) is 10. The van der Waals surface area contributed by atoms with Crippen LogP contribution in [0.25, 0.3) is 0 Å². The summed E-state index contributed by atoms with van der Waals surface area (Å²) >= 11 is 0. The molecule has 3 heterocycles. The second kappa shape index (κ2) is 18.7. The lowest BCUT2D eigenvalue weighted by Crippen LogP contribution is -2.78. The van der Waals surface area contributed by atoms with Crippen molar-refractivity contribution in [3.63, 3.8) is 0 Å². The molecule has 64 heavy (non-hydrogen) atoms. The van der Waals surface area contributed by atoms with Gasteiger partial charge in [0.1, 0.15) is 53.4 Å². The van der Waals surface area contributed by atoms with Crippen molar-refractivity contribution in [3.05, 3.63) is 23.3 Å². The number of allylic oxidation sites excluding steroid dienone is 1. The third-order valence-corrected chi connectivity index (χ3v) is 17.2. The van der Waals surface area contributed by atoms with Gasteiger partial charge in [0, 0.05) is 45.7 Å². The third kappa shape index (κ3) is 8.07. The van der Waals surface area contributed by atoms with Gasteiger partial charge < -0.3 is 78.0 Å². The topological polar surface area (TPSA) is 231 Å². The van der Waals surface area contributed by atoms with Crippen LogP contribution in [0.2, 0.25) is 0 Å². The van der Waals surface area contributed by atoms with Crippen molar-refractivity contribution >= 4 is 5.97 Å². The molecule has 0 aromatic carbocycles. The Labute approximate surface area is 377 Å². The van der Waals surface area contributed by atoms with Gasteiger partial charge in [0.2, 0.25) is 0 Å². The van der Waals surface area contributed by atoms with Gasteiger partial charge in [-0.2, -0.15) is 0 Å². The third-order valence-electron chi connectivity index (χ3n) is 17.2. The maximum atomic E-state index is 12.8. The number of aliphatic hydroxyl groups excluding tert-OH is 3. The van der Waals surface area contributed by atoms with Gasteiger partial charge in [0.15, 0.2) is 18.9 Å². The summed E-state index contributed by atoms with van der Waals surface area (Å²) in [5.74, 6) is -1.10. The largest absolute Gasteiger partial charge is 0.456 e. The van der Waals surface area contributed by atoms with Crippen molar-refractivity contribution in [3.8, 4) is 0 Å². The van der Waals surface area contributed by atoms with Gasteiger partial charge in [-0.25, -0.2) is 4.79 Å². The Balaban J connectivity index is 0.976. The Morgan fingerprint density at radius 1 is 0.797 bits per heavy atom. The van der Waals surface area contributed by atoms with E-state index in [1.165, 1.54) is 7.11 Å². The first-order valence-corrected chi connectivity index (χ1v) is 23.3. The number of methoxy groups -OCH3 is 3. The summed E-state index contributed by atoms with van der Waals surface area (Å²) in [6.07, 6.45) is -5.05. The molecule has 22 atom stereocenters. The highest BCUT2D eigenvalue weighted by Gasteiger charge is 2.80. The lowest BCUT2D eigenvalue weighted by Gasteiger charge is -2.67. The highest BCUT2D eigenvalue weighted by molar-refractivity contribution is 5.87. The van der Waals surface area contributed by atoms with Crippen molar-refractivity contribution < 1.29 is 82.8 Å². The predicted molar refractivity (Wildman–Crippen MR) is 227 cm³/mol. The lowest BCUT2D eigenvalue weighted by molar-refractivity contribution is -0.352. The minimum atomic E-state index is -1.88. The Bertz CT molecular complexity index is 1730. The Hall–Kier alpha value is -1.65. The molecule has 0 spiro atoms.